The van der Waals surface area contributed by atoms with Crippen LogP contribution in [0, 0.1) is 0 Å². The number of hydrogen-bond donors (Lipinski definition) is 1. The second-order valence-corrected chi connectivity index (χ2v) is 8.66. The first-order valence-electron chi connectivity index (χ1n) is 10.7. The quantitative estimate of drug-likeness (QED) is 0.122. The fourth-order valence-corrected chi connectivity index (χ4v) is 4.13. The van der Waals surface area contributed by atoms with Crippen molar-refractivity contribution in [1.82, 2.24) is 5.43 Å². The van der Waals surface area contributed by atoms with Crippen molar-refractivity contribution in [3.63, 3.8) is 0 Å². The maximum Gasteiger partial charge on any atom is 0.345 e. The molecule has 36 heavy (non-hydrogen) atoms. The normalized spacial score (nSPS) is 10.9. The molecule has 0 aromatic heterocycles. The van der Waals surface area contributed by atoms with Crippen LogP contribution >= 0.6 is 27.5 Å². The lowest BCUT2D eigenvalue weighted by atomic mass is 10.1. The van der Waals surface area contributed by atoms with Gasteiger partial charge in [0.2, 0.25) is 0 Å². The summed E-state index contributed by atoms with van der Waals surface area (Å²) in [6, 6.07) is 23.0. The molecule has 0 fully saturated rings. The third-order valence-corrected chi connectivity index (χ3v) is 6.22. The molecule has 4 aromatic carbocycles. The molecule has 0 bridgehead atoms. The number of methoxy groups -OCH3 is 1. The Hall–Kier alpha value is -3.88. The molecule has 1 N–H and O–H groups in total. The van der Waals surface area contributed by atoms with Crippen molar-refractivity contribution < 1.29 is 23.8 Å². The van der Waals surface area contributed by atoms with Gasteiger partial charge in [-0.2, -0.15) is 5.10 Å². The number of carbonyl (C=O) groups excluding carboxylic acids is 2. The van der Waals surface area contributed by atoms with Crippen molar-refractivity contribution in [2.24, 2.45) is 5.10 Å². The van der Waals surface area contributed by atoms with Crippen molar-refractivity contribution in [2.45, 2.75) is 0 Å². The number of rotatable bonds is 8. The standard InChI is InChI=1S/C27H20BrClN2O5/c1-34-24-14-17(10-12-22(24)36-27(33)20-8-4-5-9-21(20)29)15-30-31-25(32)16-35-23-13-11-18-6-2-3-7-19(18)26(23)28/h2-15H,16H2,1H3,(H,31,32)/b30-15+. The summed E-state index contributed by atoms with van der Waals surface area (Å²) in [4.78, 5) is 24.6. The fourth-order valence-electron chi connectivity index (χ4n) is 3.31. The minimum Gasteiger partial charge on any atom is -0.493 e. The number of fused-ring (bicyclic) bond motifs is 1. The van der Waals surface area contributed by atoms with E-state index >= 15 is 0 Å². The summed E-state index contributed by atoms with van der Waals surface area (Å²) in [6.07, 6.45) is 1.44. The van der Waals surface area contributed by atoms with Crippen LogP contribution in [0.1, 0.15) is 15.9 Å². The number of hydrazone groups is 1. The summed E-state index contributed by atoms with van der Waals surface area (Å²) >= 11 is 9.59. The Bertz CT molecular complexity index is 1460. The molecular formula is C27H20BrClN2O5. The molecule has 0 aliphatic heterocycles. The predicted molar refractivity (Wildman–Crippen MR) is 142 cm³/mol. The van der Waals surface area contributed by atoms with E-state index in [2.05, 4.69) is 26.5 Å². The van der Waals surface area contributed by atoms with Gasteiger partial charge in [0.25, 0.3) is 5.91 Å². The molecule has 0 spiro atoms. The lowest BCUT2D eigenvalue weighted by Crippen LogP contribution is -2.24. The molecule has 9 heteroatoms. The molecule has 0 atom stereocenters. The highest BCUT2D eigenvalue weighted by Gasteiger charge is 2.15. The van der Waals surface area contributed by atoms with Gasteiger partial charge in [-0.1, -0.05) is 54.1 Å². The van der Waals surface area contributed by atoms with Crippen LogP contribution in [0.4, 0.5) is 0 Å². The van der Waals surface area contributed by atoms with Crippen LogP contribution in [-0.4, -0.2) is 31.8 Å². The first-order chi connectivity index (χ1) is 17.5. The highest BCUT2D eigenvalue weighted by molar-refractivity contribution is 9.10. The Kier molecular flexibility index (Phi) is 8.20. The number of hydrogen-bond acceptors (Lipinski definition) is 6. The van der Waals surface area contributed by atoms with E-state index in [0.717, 1.165) is 15.2 Å². The number of benzene rings is 4. The molecule has 1 amide bonds. The summed E-state index contributed by atoms with van der Waals surface area (Å²) in [5.41, 5.74) is 3.28. The summed E-state index contributed by atoms with van der Waals surface area (Å²) in [6.45, 7) is -0.214. The van der Waals surface area contributed by atoms with E-state index in [1.165, 1.54) is 13.3 Å². The SMILES string of the molecule is COc1cc(/C=N/NC(=O)COc2ccc3ccccc3c2Br)ccc1OC(=O)c1ccccc1Cl. The minimum atomic E-state index is -0.606. The van der Waals surface area contributed by atoms with Gasteiger partial charge in [-0.25, -0.2) is 10.2 Å². The zero-order valence-electron chi connectivity index (χ0n) is 19.0. The van der Waals surface area contributed by atoms with E-state index in [1.54, 1.807) is 48.5 Å². The van der Waals surface area contributed by atoms with Crippen LogP contribution in [-0.2, 0) is 4.79 Å². The molecule has 0 unspecified atom stereocenters. The summed E-state index contributed by atoms with van der Waals surface area (Å²) in [5.74, 6) is 0.0572. The molecule has 0 heterocycles. The number of amides is 1. The zero-order chi connectivity index (χ0) is 25.5. The van der Waals surface area contributed by atoms with Crippen molar-refractivity contribution in [1.29, 1.82) is 0 Å². The van der Waals surface area contributed by atoms with Crippen LogP contribution < -0.4 is 19.6 Å². The van der Waals surface area contributed by atoms with Crippen LogP contribution in [0.25, 0.3) is 10.8 Å². The molecule has 4 rings (SSSR count). The number of nitrogens with zero attached hydrogens (tertiary/aromatic N) is 1. The van der Waals surface area contributed by atoms with E-state index in [0.29, 0.717) is 17.1 Å². The smallest absolute Gasteiger partial charge is 0.345 e. The first-order valence-corrected chi connectivity index (χ1v) is 11.9. The molecular weight excluding hydrogens is 548 g/mol. The fraction of sp³-hybridized carbons (Fsp3) is 0.0741. The lowest BCUT2D eigenvalue weighted by Gasteiger charge is -2.10. The lowest BCUT2D eigenvalue weighted by molar-refractivity contribution is -0.123. The van der Waals surface area contributed by atoms with Gasteiger partial charge < -0.3 is 14.2 Å². The summed E-state index contributed by atoms with van der Waals surface area (Å²) < 4.78 is 17.2. The second-order valence-electron chi connectivity index (χ2n) is 7.46. The Morgan fingerprint density at radius 1 is 0.972 bits per heavy atom. The molecule has 0 aliphatic carbocycles. The van der Waals surface area contributed by atoms with E-state index in [4.69, 9.17) is 25.8 Å². The Labute approximate surface area is 220 Å². The van der Waals surface area contributed by atoms with E-state index in [-0.39, 0.29) is 22.9 Å². The van der Waals surface area contributed by atoms with Gasteiger partial charge in [-0.05, 0) is 68.7 Å². The van der Waals surface area contributed by atoms with Gasteiger partial charge in [0.05, 0.1) is 28.4 Å². The molecule has 4 aromatic rings. The van der Waals surface area contributed by atoms with Crippen LogP contribution in [0.15, 0.2) is 88.4 Å². The van der Waals surface area contributed by atoms with Crippen molar-refractivity contribution >= 4 is 56.4 Å². The van der Waals surface area contributed by atoms with E-state index in [1.807, 2.05) is 30.3 Å². The number of carbonyl (C=O) groups is 2. The van der Waals surface area contributed by atoms with Crippen LogP contribution in [0.2, 0.25) is 5.02 Å². The maximum atomic E-state index is 12.4. The summed E-state index contributed by atoms with van der Waals surface area (Å²) in [5, 5.41) is 6.29. The van der Waals surface area contributed by atoms with Gasteiger partial charge >= 0.3 is 5.97 Å². The van der Waals surface area contributed by atoms with Gasteiger partial charge in [0.1, 0.15) is 5.75 Å². The maximum absolute atomic E-state index is 12.4. The zero-order valence-corrected chi connectivity index (χ0v) is 21.4. The highest BCUT2D eigenvalue weighted by Crippen LogP contribution is 2.33. The highest BCUT2D eigenvalue weighted by atomic mass is 79.9. The van der Waals surface area contributed by atoms with E-state index < -0.39 is 11.9 Å². The van der Waals surface area contributed by atoms with Crippen LogP contribution in [0.5, 0.6) is 17.2 Å². The molecule has 0 saturated heterocycles. The monoisotopic (exact) mass is 566 g/mol. The molecule has 182 valence electrons. The second kappa shape index (κ2) is 11.7. The van der Waals surface area contributed by atoms with Gasteiger partial charge in [0.15, 0.2) is 18.1 Å². The molecule has 0 radical (unpaired) electrons. The third-order valence-electron chi connectivity index (χ3n) is 5.07. The number of halogens is 2. The largest absolute Gasteiger partial charge is 0.493 e. The Morgan fingerprint density at radius 2 is 1.72 bits per heavy atom. The van der Waals surface area contributed by atoms with Gasteiger partial charge in [-0.15, -0.1) is 0 Å². The molecule has 0 saturated carbocycles. The minimum absolute atomic E-state index is 0.214. The molecule has 0 aliphatic rings. The third kappa shape index (κ3) is 6.02. The van der Waals surface area contributed by atoms with Crippen molar-refractivity contribution in [2.75, 3.05) is 13.7 Å². The Morgan fingerprint density at radius 3 is 2.53 bits per heavy atom. The predicted octanol–water partition coefficient (Wildman–Crippen LogP) is 6.01. The number of esters is 1. The number of ether oxygens (including phenoxy) is 3. The van der Waals surface area contributed by atoms with Gasteiger partial charge in [0, 0.05) is 0 Å². The molecule has 7 nitrogen and oxygen atoms in total. The average molecular weight is 568 g/mol. The topological polar surface area (TPSA) is 86.2 Å². The average Bonchev–Trinajstić information content (AvgIpc) is 2.89. The van der Waals surface area contributed by atoms with E-state index in [9.17, 15) is 9.59 Å². The Balaban J connectivity index is 1.34. The number of nitrogens with one attached hydrogen (secondary N) is 1. The van der Waals surface area contributed by atoms with Crippen molar-refractivity contribution in [3.8, 4) is 17.2 Å². The first kappa shape index (κ1) is 25.2. The van der Waals surface area contributed by atoms with Crippen molar-refractivity contribution in [3.05, 3.63) is 99.5 Å². The van der Waals surface area contributed by atoms with Crippen LogP contribution in [0.3, 0.4) is 0 Å². The van der Waals surface area contributed by atoms with Gasteiger partial charge in [-0.3, -0.25) is 4.79 Å². The summed E-state index contributed by atoms with van der Waals surface area (Å²) in [7, 11) is 1.45.